The Morgan fingerprint density at radius 3 is 2.29 bits per heavy atom. The minimum atomic E-state index is -4.44. The highest BCUT2D eigenvalue weighted by atomic mass is 19.4. The Balaban J connectivity index is 1.27. The predicted molar refractivity (Wildman–Crippen MR) is 163 cm³/mol. The summed E-state index contributed by atoms with van der Waals surface area (Å²) >= 11 is 0. The molecule has 2 aliphatic rings. The zero-order valence-electron chi connectivity index (χ0n) is 25.1. The Morgan fingerprint density at radius 2 is 1.60 bits per heavy atom. The molecule has 0 aliphatic carbocycles. The molecule has 4 aromatic rings. The Labute approximate surface area is 258 Å². The standard InChI is InChI=1S/C34H34F3N3O5/c1-43-28-11-9-23(19-30(28)44-2)31-26(20-34(35,36)37)25-18-22(8-10-27(25)38-31)21-5-3-6-24(17-21)32(41)39-12-14-40(15-13-39)33(42)29-7-4-16-45-29/h3,5-6,8-11,17-19,29,38H,4,7,12-16,20H2,1-2H3. The van der Waals surface area contributed by atoms with E-state index in [1.165, 1.54) is 14.2 Å². The van der Waals surface area contributed by atoms with Crippen molar-refractivity contribution in [2.75, 3.05) is 47.0 Å². The van der Waals surface area contributed by atoms with Gasteiger partial charge in [-0.05, 0) is 72.0 Å². The van der Waals surface area contributed by atoms with Crippen LogP contribution in [0.1, 0.15) is 28.8 Å². The molecule has 2 saturated heterocycles. The number of carbonyl (C=O) groups excluding carboxylic acids is 2. The molecule has 1 aromatic heterocycles. The molecular weight excluding hydrogens is 587 g/mol. The summed E-state index contributed by atoms with van der Waals surface area (Å²) < 4.78 is 57.8. The number of alkyl halides is 3. The molecule has 1 atom stereocenters. The van der Waals surface area contributed by atoms with Crippen LogP contribution < -0.4 is 9.47 Å². The molecule has 8 nitrogen and oxygen atoms in total. The Bertz CT molecular complexity index is 1720. The summed E-state index contributed by atoms with van der Waals surface area (Å²) in [4.78, 5) is 32.8. The summed E-state index contributed by atoms with van der Waals surface area (Å²) in [5.41, 5.74) is 3.44. The van der Waals surface area contributed by atoms with E-state index in [1.54, 1.807) is 58.3 Å². The lowest BCUT2D eigenvalue weighted by Gasteiger charge is -2.35. The third-order valence-electron chi connectivity index (χ3n) is 8.48. The second kappa shape index (κ2) is 12.5. The van der Waals surface area contributed by atoms with E-state index in [0.717, 1.165) is 12.8 Å². The molecule has 6 rings (SSSR count). The van der Waals surface area contributed by atoms with Gasteiger partial charge in [0.15, 0.2) is 11.5 Å². The van der Waals surface area contributed by atoms with Crippen molar-refractivity contribution in [2.24, 2.45) is 0 Å². The molecule has 236 valence electrons. The number of halogens is 3. The molecule has 0 bridgehead atoms. The number of nitrogens with zero attached hydrogens (tertiary/aromatic N) is 2. The van der Waals surface area contributed by atoms with Crippen LogP contribution in [0.3, 0.4) is 0 Å². The molecule has 3 heterocycles. The Morgan fingerprint density at radius 1 is 0.889 bits per heavy atom. The number of H-pyrrole nitrogens is 1. The first-order chi connectivity index (χ1) is 21.6. The number of hydrogen-bond donors (Lipinski definition) is 1. The van der Waals surface area contributed by atoms with E-state index >= 15 is 0 Å². The first kappa shape index (κ1) is 30.5. The lowest BCUT2D eigenvalue weighted by Crippen LogP contribution is -2.52. The molecule has 0 spiro atoms. The van der Waals surface area contributed by atoms with Crippen molar-refractivity contribution in [1.29, 1.82) is 0 Å². The SMILES string of the molecule is COc1ccc(-c2[nH]c3ccc(-c4cccc(C(=O)N5CCN(C(=O)C6CCCO6)CC5)c4)cc3c2CC(F)(F)F)cc1OC. The highest BCUT2D eigenvalue weighted by Crippen LogP contribution is 2.39. The highest BCUT2D eigenvalue weighted by Gasteiger charge is 2.33. The third-order valence-corrected chi connectivity index (χ3v) is 8.48. The maximum Gasteiger partial charge on any atom is 0.393 e. The van der Waals surface area contributed by atoms with E-state index in [0.29, 0.717) is 83.1 Å². The number of benzene rings is 3. The average molecular weight is 622 g/mol. The minimum Gasteiger partial charge on any atom is -0.493 e. The molecule has 0 saturated carbocycles. The van der Waals surface area contributed by atoms with Crippen LogP contribution in [-0.2, 0) is 16.0 Å². The van der Waals surface area contributed by atoms with Gasteiger partial charge in [0.05, 0.1) is 26.3 Å². The van der Waals surface area contributed by atoms with E-state index in [9.17, 15) is 22.8 Å². The van der Waals surface area contributed by atoms with Crippen molar-refractivity contribution >= 4 is 22.7 Å². The fourth-order valence-corrected chi connectivity index (χ4v) is 6.17. The van der Waals surface area contributed by atoms with Gasteiger partial charge >= 0.3 is 6.18 Å². The summed E-state index contributed by atoms with van der Waals surface area (Å²) in [5, 5.41) is 0.443. The van der Waals surface area contributed by atoms with Gasteiger partial charge in [0.25, 0.3) is 11.8 Å². The van der Waals surface area contributed by atoms with E-state index in [1.807, 2.05) is 12.1 Å². The third kappa shape index (κ3) is 6.35. The highest BCUT2D eigenvalue weighted by molar-refractivity contribution is 5.97. The monoisotopic (exact) mass is 621 g/mol. The Kier molecular flexibility index (Phi) is 8.46. The predicted octanol–water partition coefficient (Wildman–Crippen LogP) is 6.09. The van der Waals surface area contributed by atoms with Crippen LogP contribution in [0.4, 0.5) is 13.2 Å². The Hall–Kier alpha value is -4.51. The lowest BCUT2D eigenvalue weighted by atomic mass is 9.97. The zero-order valence-corrected chi connectivity index (χ0v) is 25.1. The van der Waals surface area contributed by atoms with E-state index in [4.69, 9.17) is 14.2 Å². The first-order valence-corrected chi connectivity index (χ1v) is 14.9. The van der Waals surface area contributed by atoms with E-state index < -0.39 is 12.6 Å². The maximum atomic E-state index is 13.9. The van der Waals surface area contributed by atoms with Crippen LogP contribution >= 0.6 is 0 Å². The number of rotatable bonds is 7. The number of methoxy groups -OCH3 is 2. The number of ether oxygens (including phenoxy) is 3. The van der Waals surface area contributed by atoms with Crippen LogP contribution in [0.25, 0.3) is 33.3 Å². The summed E-state index contributed by atoms with van der Waals surface area (Å²) in [5.74, 6) is 0.711. The zero-order chi connectivity index (χ0) is 31.7. The average Bonchev–Trinajstić information content (AvgIpc) is 3.72. The number of aromatic amines is 1. The second-order valence-corrected chi connectivity index (χ2v) is 11.3. The van der Waals surface area contributed by atoms with Crippen LogP contribution in [0.2, 0.25) is 0 Å². The van der Waals surface area contributed by atoms with Crippen LogP contribution in [0.5, 0.6) is 11.5 Å². The van der Waals surface area contributed by atoms with Gasteiger partial charge in [0.1, 0.15) is 6.10 Å². The van der Waals surface area contributed by atoms with Gasteiger partial charge in [0.2, 0.25) is 0 Å². The molecule has 3 aromatic carbocycles. The smallest absolute Gasteiger partial charge is 0.393 e. The molecule has 1 unspecified atom stereocenters. The summed E-state index contributed by atoms with van der Waals surface area (Å²) in [6, 6.07) is 17.4. The van der Waals surface area contributed by atoms with Crippen LogP contribution in [0.15, 0.2) is 60.7 Å². The molecular formula is C34H34F3N3O5. The molecule has 2 aliphatic heterocycles. The maximum absolute atomic E-state index is 13.9. The normalized spacial score (nSPS) is 17.1. The number of nitrogens with one attached hydrogen (secondary N) is 1. The van der Waals surface area contributed by atoms with Crippen molar-refractivity contribution in [1.82, 2.24) is 14.8 Å². The molecule has 2 fully saturated rings. The minimum absolute atomic E-state index is 0.0130. The molecule has 11 heteroatoms. The molecule has 0 radical (unpaired) electrons. The van der Waals surface area contributed by atoms with Crippen molar-refractivity contribution < 1.29 is 37.0 Å². The topological polar surface area (TPSA) is 84.1 Å². The number of aromatic nitrogens is 1. The van der Waals surface area contributed by atoms with Gasteiger partial charge in [-0.3, -0.25) is 9.59 Å². The summed E-state index contributed by atoms with van der Waals surface area (Å²) in [6.45, 7) is 2.31. The quantitative estimate of drug-likeness (QED) is 0.270. The number of amides is 2. The number of piperazine rings is 1. The van der Waals surface area contributed by atoms with Crippen LogP contribution in [0, 0.1) is 0 Å². The van der Waals surface area contributed by atoms with Gasteiger partial charge < -0.3 is 29.0 Å². The summed E-state index contributed by atoms with van der Waals surface area (Å²) in [6.07, 6.45) is -4.34. The van der Waals surface area contributed by atoms with Gasteiger partial charge in [-0.25, -0.2) is 0 Å². The molecule has 2 amide bonds. The van der Waals surface area contributed by atoms with E-state index in [2.05, 4.69) is 4.98 Å². The van der Waals surface area contributed by atoms with E-state index in [-0.39, 0.29) is 23.5 Å². The molecule has 1 N–H and O–H groups in total. The number of carbonyl (C=O) groups is 2. The van der Waals surface area contributed by atoms with Crippen molar-refractivity contribution in [3.05, 3.63) is 71.8 Å². The van der Waals surface area contributed by atoms with Crippen molar-refractivity contribution in [2.45, 2.75) is 31.5 Å². The van der Waals surface area contributed by atoms with Gasteiger partial charge in [0, 0.05) is 54.8 Å². The number of hydrogen-bond acceptors (Lipinski definition) is 5. The van der Waals surface area contributed by atoms with Gasteiger partial charge in [-0.1, -0.05) is 18.2 Å². The van der Waals surface area contributed by atoms with Crippen LogP contribution in [-0.4, -0.2) is 85.9 Å². The summed E-state index contributed by atoms with van der Waals surface area (Å²) in [7, 11) is 2.97. The molecule has 45 heavy (non-hydrogen) atoms. The van der Waals surface area contributed by atoms with Crippen molar-refractivity contribution in [3.63, 3.8) is 0 Å². The first-order valence-electron chi connectivity index (χ1n) is 14.9. The van der Waals surface area contributed by atoms with Gasteiger partial charge in [-0.15, -0.1) is 0 Å². The van der Waals surface area contributed by atoms with Gasteiger partial charge in [-0.2, -0.15) is 13.2 Å². The number of fused-ring (bicyclic) bond motifs is 1. The fraction of sp³-hybridized carbons (Fsp3) is 0.353. The lowest BCUT2D eigenvalue weighted by molar-refractivity contribution is -0.142. The second-order valence-electron chi connectivity index (χ2n) is 11.3. The largest absolute Gasteiger partial charge is 0.493 e. The van der Waals surface area contributed by atoms with Crippen molar-refractivity contribution in [3.8, 4) is 33.9 Å². The fourth-order valence-electron chi connectivity index (χ4n) is 6.17.